The zero-order chi connectivity index (χ0) is 19.1. The molecular weight excluding hydrogens is 389 g/mol. The Bertz CT molecular complexity index is 1070. The highest BCUT2D eigenvalue weighted by Crippen LogP contribution is 2.46. The average molecular weight is 404 g/mol. The number of aromatic nitrogens is 1. The highest BCUT2D eigenvalue weighted by Gasteiger charge is 2.30. The molecular formula is C19H15Cl2N3O3. The molecule has 0 fully saturated rings. The van der Waals surface area contributed by atoms with Crippen molar-refractivity contribution in [3.63, 3.8) is 0 Å². The summed E-state index contributed by atoms with van der Waals surface area (Å²) in [5.41, 5.74) is 2.72. The average Bonchev–Trinajstić information content (AvgIpc) is 3.05. The van der Waals surface area contributed by atoms with Crippen LogP contribution in [0.15, 0.2) is 36.4 Å². The molecule has 0 amide bonds. The van der Waals surface area contributed by atoms with Crippen molar-refractivity contribution in [2.75, 3.05) is 12.4 Å². The van der Waals surface area contributed by atoms with E-state index in [1.165, 1.54) is 12.1 Å². The van der Waals surface area contributed by atoms with Crippen LogP contribution in [0, 0.1) is 10.1 Å². The molecule has 1 aromatic heterocycles. The number of ether oxygens (including phenoxy) is 1. The van der Waals surface area contributed by atoms with Crippen molar-refractivity contribution in [2.45, 2.75) is 18.9 Å². The van der Waals surface area contributed by atoms with Crippen molar-refractivity contribution in [1.82, 2.24) is 4.98 Å². The van der Waals surface area contributed by atoms with Gasteiger partial charge in [-0.25, -0.2) is 4.98 Å². The number of fused-ring (bicyclic) bond motifs is 2. The predicted octanol–water partition coefficient (Wildman–Crippen LogP) is 5.56. The van der Waals surface area contributed by atoms with E-state index in [1.54, 1.807) is 19.2 Å². The molecule has 0 saturated carbocycles. The lowest BCUT2D eigenvalue weighted by molar-refractivity contribution is -0.384. The van der Waals surface area contributed by atoms with Crippen LogP contribution >= 0.6 is 23.2 Å². The van der Waals surface area contributed by atoms with E-state index in [1.807, 2.05) is 12.1 Å². The summed E-state index contributed by atoms with van der Waals surface area (Å²) in [6, 6.07) is 9.92. The van der Waals surface area contributed by atoms with Gasteiger partial charge in [-0.05, 0) is 42.7 Å². The lowest BCUT2D eigenvalue weighted by atomic mass is 10.1. The molecule has 0 spiro atoms. The van der Waals surface area contributed by atoms with Crippen molar-refractivity contribution in [1.29, 1.82) is 0 Å². The third-order valence-electron chi connectivity index (χ3n) is 4.77. The van der Waals surface area contributed by atoms with Crippen LogP contribution < -0.4 is 10.1 Å². The number of halogens is 2. The van der Waals surface area contributed by atoms with Gasteiger partial charge in [-0.1, -0.05) is 23.2 Å². The molecule has 138 valence electrons. The van der Waals surface area contributed by atoms with Gasteiger partial charge in [0, 0.05) is 28.1 Å². The standard InChI is InChI=1S/C19H15Cl2N3O3/c1-27-19-14(21)9-13(20)12-4-6-16(18(12)19)23-17-7-2-10-8-11(24(25)26)3-5-15(10)22-17/h2-3,5,7-9,16H,4,6H2,1H3,(H,22,23)/t16-/m1/s1. The second-order valence-corrected chi connectivity index (χ2v) is 7.15. The molecule has 1 aliphatic rings. The van der Waals surface area contributed by atoms with Gasteiger partial charge in [0.25, 0.3) is 5.69 Å². The fraction of sp³-hybridized carbons (Fsp3) is 0.211. The van der Waals surface area contributed by atoms with E-state index in [4.69, 9.17) is 27.9 Å². The molecule has 4 rings (SSSR count). The largest absolute Gasteiger partial charge is 0.495 e. The van der Waals surface area contributed by atoms with Crippen molar-refractivity contribution < 1.29 is 9.66 Å². The highest BCUT2D eigenvalue weighted by molar-refractivity contribution is 6.36. The first-order valence-electron chi connectivity index (χ1n) is 8.34. The van der Waals surface area contributed by atoms with Crippen LogP contribution in [-0.2, 0) is 6.42 Å². The smallest absolute Gasteiger partial charge is 0.270 e. The van der Waals surface area contributed by atoms with Gasteiger partial charge in [0.05, 0.1) is 28.6 Å². The number of rotatable bonds is 4. The molecule has 1 atom stereocenters. The summed E-state index contributed by atoms with van der Waals surface area (Å²) in [6.07, 6.45) is 1.66. The van der Waals surface area contributed by atoms with Gasteiger partial charge < -0.3 is 10.1 Å². The molecule has 2 aromatic carbocycles. The molecule has 3 aromatic rings. The molecule has 0 radical (unpaired) electrons. The number of hydrogen-bond acceptors (Lipinski definition) is 5. The molecule has 27 heavy (non-hydrogen) atoms. The van der Waals surface area contributed by atoms with Gasteiger partial charge >= 0.3 is 0 Å². The molecule has 1 N–H and O–H groups in total. The highest BCUT2D eigenvalue weighted by atomic mass is 35.5. The van der Waals surface area contributed by atoms with E-state index in [-0.39, 0.29) is 11.7 Å². The Morgan fingerprint density at radius 2 is 2.04 bits per heavy atom. The maximum absolute atomic E-state index is 10.9. The summed E-state index contributed by atoms with van der Waals surface area (Å²) in [5, 5.41) is 16.2. The Kier molecular flexibility index (Phi) is 4.53. The minimum Gasteiger partial charge on any atom is -0.495 e. The Balaban J connectivity index is 1.69. The summed E-state index contributed by atoms with van der Waals surface area (Å²) in [6.45, 7) is 0. The molecule has 0 aliphatic heterocycles. The summed E-state index contributed by atoms with van der Waals surface area (Å²) in [7, 11) is 1.59. The van der Waals surface area contributed by atoms with Gasteiger partial charge in [0.15, 0.2) is 0 Å². The topological polar surface area (TPSA) is 77.3 Å². The molecule has 6 nitrogen and oxygen atoms in total. The SMILES string of the molecule is COc1c(Cl)cc(Cl)c2c1[C@H](Nc1ccc3cc([N+](=O)[O-])ccc3n1)CC2. The van der Waals surface area contributed by atoms with Crippen LogP contribution in [0.1, 0.15) is 23.6 Å². The quantitative estimate of drug-likeness (QED) is 0.455. The summed E-state index contributed by atoms with van der Waals surface area (Å²) >= 11 is 12.6. The number of nitro benzene ring substituents is 1. The Labute approximate surface area is 165 Å². The predicted molar refractivity (Wildman–Crippen MR) is 106 cm³/mol. The van der Waals surface area contributed by atoms with Crippen LogP contribution in [0.3, 0.4) is 0 Å². The van der Waals surface area contributed by atoms with Gasteiger partial charge in [0.2, 0.25) is 0 Å². The van der Waals surface area contributed by atoms with Crippen LogP contribution in [0.5, 0.6) is 5.75 Å². The third kappa shape index (κ3) is 3.15. The van der Waals surface area contributed by atoms with Crippen molar-refractivity contribution >= 4 is 45.6 Å². The number of benzene rings is 2. The number of pyridine rings is 1. The molecule has 8 heteroatoms. The van der Waals surface area contributed by atoms with Crippen molar-refractivity contribution in [3.8, 4) is 5.75 Å². The number of hydrogen-bond donors (Lipinski definition) is 1. The van der Waals surface area contributed by atoms with E-state index >= 15 is 0 Å². The maximum atomic E-state index is 10.9. The number of nitrogens with one attached hydrogen (secondary N) is 1. The summed E-state index contributed by atoms with van der Waals surface area (Å²) in [5.74, 6) is 1.30. The number of nitrogens with zero attached hydrogens (tertiary/aromatic N) is 2. The second kappa shape index (κ2) is 6.87. The fourth-order valence-electron chi connectivity index (χ4n) is 3.55. The van der Waals surface area contributed by atoms with E-state index in [0.717, 1.165) is 24.0 Å². The van der Waals surface area contributed by atoms with Gasteiger partial charge in [-0.3, -0.25) is 10.1 Å². The number of methoxy groups -OCH3 is 1. The fourth-order valence-corrected chi connectivity index (χ4v) is 4.20. The van der Waals surface area contributed by atoms with Crippen LogP contribution in [0.25, 0.3) is 10.9 Å². The number of nitro groups is 1. The zero-order valence-electron chi connectivity index (χ0n) is 14.3. The first kappa shape index (κ1) is 17.8. The summed E-state index contributed by atoms with van der Waals surface area (Å²) < 4.78 is 5.50. The lowest BCUT2D eigenvalue weighted by Crippen LogP contribution is -2.10. The zero-order valence-corrected chi connectivity index (χ0v) is 15.8. The third-order valence-corrected chi connectivity index (χ3v) is 5.39. The lowest BCUT2D eigenvalue weighted by Gasteiger charge is -2.19. The number of non-ortho nitro benzene ring substituents is 1. The van der Waals surface area contributed by atoms with Crippen molar-refractivity contribution in [3.05, 3.63) is 67.7 Å². The Hall–Kier alpha value is -2.57. The van der Waals surface area contributed by atoms with E-state index < -0.39 is 4.92 Å². The molecule has 0 bridgehead atoms. The normalized spacial score (nSPS) is 15.6. The number of anilines is 1. The van der Waals surface area contributed by atoms with Crippen LogP contribution in [0.4, 0.5) is 11.5 Å². The molecule has 1 heterocycles. The monoisotopic (exact) mass is 403 g/mol. The van der Waals surface area contributed by atoms with Gasteiger partial charge in [0.1, 0.15) is 11.6 Å². The van der Waals surface area contributed by atoms with Gasteiger partial charge in [-0.2, -0.15) is 0 Å². The molecule has 1 aliphatic carbocycles. The summed E-state index contributed by atoms with van der Waals surface area (Å²) in [4.78, 5) is 15.1. The second-order valence-electron chi connectivity index (χ2n) is 6.33. The molecule has 0 saturated heterocycles. The van der Waals surface area contributed by atoms with Crippen LogP contribution in [-0.4, -0.2) is 17.0 Å². The van der Waals surface area contributed by atoms with Crippen LogP contribution in [0.2, 0.25) is 10.0 Å². The minimum atomic E-state index is -0.416. The molecule has 0 unspecified atom stereocenters. The Morgan fingerprint density at radius 1 is 1.22 bits per heavy atom. The Morgan fingerprint density at radius 3 is 2.78 bits per heavy atom. The van der Waals surface area contributed by atoms with E-state index in [2.05, 4.69) is 10.3 Å². The first-order valence-corrected chi connectivity index (χ1v) is 9.10. The van der Waals surface area contributed by atoms with E-state index in [0.29, 0.717) is 32.5 Å². The maximum Gasteiger partial charge on any atom is 0.270 e. The van der Waals surface area contributed by atoms with Gasteiger partial charge in [-0.15, -0.1) is 0 Å². The first-order chi connectivity index (χ1) is 13.0. The van der Waals surface area contributed by atoms with Crippen molar-refractivity contribution in [2.24, 2.45) is 0 Å². The van der Waals surface area contributed by atoms with E-state index in [9.17, 15) is 10.1 Å². The minimum absolute atomic E-state index is 0.0332.